The van der Waals surface area contributed by atoms with Gasteiger partial charge in [0.1, 0.15) is 12.0 Å². The van der Waals surface area contributed by atoms with Crippen molar-refractivity contribution in [3.05, 3.63) is 65.8 Å². The number of aromatic nitrogens is 5. The van der Waals surface area contributed by atoms with Gasteiger partial charge in [0.25, 0.3) is 0 Å². The molecule has 0 N–H and O–H groups in total. The van der Waals surface area contributed by atoms with E-state index in [1.807, 2.05) is 36.4 Å². The summed E-state index contributed by atoms with van der Waals surface area (Å²) >= 11 is 7.74. The van der Waals surface area contributed by atoms with Crippen molar-refractivity contribution < 1.29 is 4.52 Å². The highest BCUT2D eigenvalue weighted by molar-refractivity contribution is 7.99. The first kappa shape index (κ1) is 18.7. The summed E-state index contributed by atoms with van der Waals surface area (Å²) in [6.07, 6.45) is 5.17. The molecule has 4 rings (SSSR count). The average molecular weight is 412 g/mol. The fourth-order valence-electron chi connectivity index (χ4n) is 3.00. The van der Waals surface area contributed by atoms with E-state index >= 15 is 0 Å². The van der Waals surface area contributed by atoms with Gasteiger partial charge in [0.2, 0.25) is 0 Å². The van der Waals surface area contributed by atoms with Crippen molar-refractivity contribution in [2.24, 2.45) is 0 Å². The van der Waals surface area contributed by atoms with Crippen LogP contribution in [0.3, 0.4) is 0 Å². The lowest BCUT2D eigenvalue weighted by molar-refractivity contribution is 0.412. The Hall–Kier alpha value is -2.64. The van der Waals surface area contributed by atoms with Gasteiger partial charge in [0.15, 0.2) is 11.0 Å². The van der Waals surface area contributed by atoms with Crippen LogP contribution in [0.2, 0.25) is 5.02 Å². The summed E-state index contributed by atoms with van der Waals surface area (Å²) in [5.41, 5.74) is 3.75. The smallest absolute Gasteiger partial charge is 0.192 e. The maximum absolute atomic E-state index is 6.14. The highest BCUT2D eigenvalue weighted by Crippen LogP contribution is 2.39. The Balaban J connectivity index is 1.63. The summed E-state index contributed by atoms with van der Waals surface area (Å²) < 4.78 is 7.37. The van der Waals surface area contributed by atoms with Crippen molar-refractivity contribution in [3.8, 4) is 22.5 Å². The molecule has 0 aliphatic rings. The highest BCUT2D eigenvalue weighted by atomic mass is 35.5. The number of nitrogens with zero attached hydrogens (tertiary/aromatic N) is 5. The van der Waals surface area contributed by atoms with Crippen molar-refractivity contribution in [1.29, 1.82) is 0 Å². The van der Waals surface area contributed by atoms with Crippen LogP contribution in [0.5, 0.6) is 0 Å². The van der Waals surface area contributed by atoms with E-state index in [-0.39, 0.29) is 5.25 Å². The number of benzene rings is 1. The molecule has 8 heteroatoms. The largest absolute Gasteiger partial charge is 0.364 e. The van der Waals surface area contributed by atoms with E-state index in [1.165, 1.54) is 0 Å². The number of hydrogen-bond donors (Lipinski definition) is 0. The third-order valence-electron chi connectivity index (χ3n) is 4.37. The summed E-state index contributed by atoms with van der Waals surface area (Å²) in [5, 5.41) is 14.6. The maximum atomic E-state index is 6.14. The molecule has 0 saturated carbocycles. The Kier molecular flexibility index (Phi) is 5.45. The van der Waals surface area contributed by atoms with Crippen LogP contribution in [0, 0.1) is 0 Å². The molecule has 0 amide bonds. The number of pyridine rings is 1. The lowest BCUT2D eigenvalue weighted by atomic mass is 10.1. The van der Waals surface area contributed by atoms with Gasteiger partial charge in [-0.05, 0) is 43.7 Å². The standard InChI is InChI=1S/C20H18ClN5OS/c1-3-26-19(14-7-9-22-10-8-14)23-24-20(26)28-13(2)18-17(12-27-25-18)15-5-4-6-16(21)11-15/h4-13H,3H2,1-2H3. The molecular weight excluding hydrogens is 394 g/mol. The second kappa shape index (κ2) is 8.16. The van der Waals surface area contributed by atoms with Crippen molar-refractivity contribution in [2.75, 3.05) is 0 Å². The van der Waals surface area contributed by atoms with E-state index in [1.54, 1.807) is 30.4 Å². The quantitative estimate of drug-likeness (QED) is 0.389. The lowest BCUT2D eigenvalue weighted by Gasteiger charge is -2.12. The highest BCUT2D eigenvalue weighted by Gasteiger charge is 2.22. The molecule has 0 radical (unpaired) electrons. The Labute approximate surface area is 172 Å². The molecule has 6 nitrogen and oxygen atoms in total. The molecule has 0 aliphatic heterocycles. The summed E-state index contributed by atoms with van der Waals surface area (Å²) in [6.45, 7) is 4.92. The monoisotopic (exact) mass is 411 g/mol. The van der Waals surface area contributed by atoms with Gasteiger partial charge in [0.05, 0.1) is 5.25 Å². The predicted molar refractivity (Wildman–Crippen MR) is 110 cm³/mol. The van der Waals surface area contributed by atoms with Gasteiger partial charge in [-0.3, -0.25) is 4.98 Å². The SMILES string of the molecule is CCn1c(SC(C)c2nocc2-c2cccc(Cl)c2)nnc1-c1ccncc1. The zero-order valence-electron chi connectivity index (χ0n) is 15.4. The van der Waals surface area contributed by atoms with Crippen molar-refractivity contribution >= 4 is 23.4 Å². The van der Waals surface area contributed by atoms with Crippen LogP contribution in [0.4, 0.5) is 0 Å². The molecule has 142 valence electrons. The van der Waals surface area contributed by atoms with E-state index < -0.39 is 0 Å². The minimum Gasteiger partial charge on any atom is -0.364 e. The van der Waals surface area contributed by atoms with Crippen LogP contribution in [0.15, 0.2) is 64.7 Å². The molecule has 0 bridgehead atoms. The number of hydrogen-bond acceptors (Lipinski definition) is 6. The van der Waals surface area contributed by atoms with Crippen molar-refractivity contribution in [3.63, 3.8) is 0 Å². The number of rotatable bonds is 6. The molecule has 4 aromatic rings. The predicted octanol–water partition coefficient (Wildman–Crippen LogP) is 5.52. The molecular formula is C20H18ClN5OS. The minimum atomic E-state index is 0.0209. The van der Waals surface area contributed by atoms with E-state index in [4.69, 9.17) is 16.1 Å². The van der Waals surface area contributed by atoms with E-state index in [0.717, 1.165) is 39.9 Å². The van der Waals surface area contributed by atoms with Gasteiger partial charge in [-0.2, -0.15) is 0 Å². The number of halogens is 1. The van der Waals surface area contributed by atoms with Crippen LogP contribution in [0.1, 0.15) is 24.8 Å². The molecule has 0 saturated heterocycles. The summed E-state index contributed by atoms with van der Waals surface area (Å²) in [4.78, 5) is 4.07. The first-order chi connectivity index (χ1) is 13.7. The van der Waals surface area contributed by atoms with Gasteiger partial charge in [-0.25, -0.2) is 0 Å². The van der Waals surface area contributed by atoms with Crippen molar-refractivity contribution in [1.82, 2.24) is 24.9 Å². The van der Waals surface area contributed by atoms with E-state index in [2.05, 4.69) is 38.8 Å². The first-order valence-electron chi connectivity index (χ1n) is 8.87. The molecule has 0 aliphatic carbocycles. The fraction of sp³-hybridized carbons (Fsp3) is 0.200. The van der Waals surface area contributed by atoms with Gasteiger partial charge in [-0.1, -0.05) is 40.7 Å². The zero-order chi connectivity index (χ0) is 19.5. The second-order valence-electron chi connectivity index (χ2n) is 6.17. The maximum Gasteiger partial charge on any atom is 0.192 e. The fourth-order valence-corrected chi connectivity index (χ4v) is 4.22. The molecule has 3 heterocycles. The molecule has 1 aromatic carbocycles. The normalized spacial score (nSPS) is 12.2. The van der Waals surface area contributed by atoms with Gasteiger partial charge in [0, 0.05) is 35.1 Å². The second-order valence-corrected chi connectivity index (χ2v) is 7.91. The molecule has 3 aromatic heterocycles. The molecule has 1 unspecified atom stereocenters. The van der Waals surface area contributed by atoms with Gasteiger partial charge >= 0.3 is 0 Å². The van der Waals surface area contributed by atoms with Crippen LogP contribution < -0.4 is 0 Å². The van der Waals surface area contributed by atoms with Crippen LogP contribution in [-0.4, -0.2) is 24.9 Å². The third-order valence-corrected chi connectivity index (χ3v) is 5.70. The molecule has 0 fully saturated rings. The Morgan fingerprint density at radius 3 is 2.71 bits per heavy atom. The molecule has 28 heavy (non-hydrogen) atoms. The third kappa shape index (κ3) is 3.68. The van der Waals surface area contributed by atoms with Gasteiger partial charge in [-0.15, -0.1) is 10.2 Å². The Morgan fingerprint density at radius 2 is 1.96 bits per heavy atom. The first-order valence-corrected chi connectivity index (χ1v) is 10.1. The van der Waals surface area contributed by atoms with Crippen LogP contribution >= 0.6 is 23.4 Å². The topological polar surface area (TPSA) is 69.6 Å². The Morgan fingerprint density at radius 1 is 1.14 bits per heavy atom. The molecule has 0 spiro atoms. The zero-order valence-corrected chi connectivity index (χ0v) is 17.0. The summed E-state index contributed by atoms with van der Waals surface area (Å²) in [5.74, 6) is 0.829. The minimum absolute atomic E-state index is 0.0209. The Bertz CT molecular complexity index is 1080. The van der Waals surface area contributed by atoms with Gasteiger partial charge < -0.3 is 9.09 Å². The average Bonchev–Trinajstić information content (AvgIpc) is 3.35. The van der Waals surface area contributed by atoms with Crippen molar-refractivity contribution in [2.45, 2.75) is 30.8 Å². The lowest BCUT2D eigenvalue weighted by Crippen LogP contribution is -2.01. The summed E-state index contributed by atoms with van der Waals surface area (Å²) in [6, 6.07) is 11.5. The van der Waals surface area contributed by atoms with E-state index in [0.29, 0.717) is 5.02 Å². The summed E-state index contributed by atoms with van der Waals surface area (Å²) in [7, 11) is 0. The van der Waals surface area contributed by atoms with Crippen LogP contribution in [-0.2, 0) is 6.54 Å². The van der Waals surface area contributed by atoms with E-state index in [9.17, 15) is 0 Å². The molecule has 1 atom stereocenters. The van der Waals surface area contributed by atoms with Crippen LogP contribution in [0.25, 0.3) is 22.5 Å². The number of thioether (sulfide) groups is 1.